The summed E-state index contributed by atoms with van der Waals surface area (Å²) in [5.74, 6) is 0.424. The first kappa shape index (κ1) is 23.4. The van der Waals surface area contributed by atoms with Gasteiger partial charge in [-0.1, -0.05) is 30.9 Å². The summed E-state index contributed by atoms with van der Waals surface area (Å²) in [6.45, 7) is 11.7. The topological polar surface area (TPSA) is 82.8 Å². The van der Waals surface area contributed by atoms with E-state index in [0.717, 1.165) is 10.5 Å². The van der Waals surface area contributed by atoms with Crippen molar-refractivity contribution in [2.45, 2.75) is 39.9 Å². The molecule has 2 heterocycles. The fourth-order valence-electron chi connectivity index (χ4n) is 2.72. The first-order chi connectivity index (χ1) is 14.2. The normalized spacial score (nSPS) is 18.9. The van der Waals surface area contributed by atoms with E-state index in [9.17, 15) is 4.79 Å². The molecule has 0 saturated carbocycles. The molecule has 1 aliphatic heterocycles. The first-order valence-electron chi connectivity index (χ1n) is 9.79. The second kappa shape index (κ2) is 10.8. The lowest BCUT2D eigenvalue weighted by atomic mass is 10.1. The number of allylic oxidation sites excluding steroid dienone is 4. The number of nitrogens with one attached hydrogen (secondary N) is 2. The zero-order valence-corrected chi connectivity index (χ0v) is 19.1. The smallest absolute Gasteiger partial charge is 0.251 e. The second-order valence-corrected chi connectivity index (χ2v) is 8.49. The Hall–Kier alpha value is -2.90. The minimum Gasteiger partial charge on any atom is -0.402 e. The Morgan fingerprint density at radius 1 is 1.43 bits per heavy atom. The Kier molecular flexibility index (Phi) is 8.38. The lowest BCUT2D eigenvalue weighted by Gasteiger charge is -2.16. The van der Waals surface area contributed by atoms with E-state index >= 15 is 0 Å². The molecule has 2 unspecified atom stereocenters. The number of carbonyl (C=O) groups is 1. The number of nitrogens with zero attached hydrogens (tertiary/aromatic N) is 2. The van der Waals surface area contributed by atoms with Gasteiger partial charge in [-0.15, -0.1) is 11.3 Å². The van der Waals surface area contributed by atoms with Gasteiger partial charge in [-0.25, -0.2) is 10.4 Å². The van der Waals surface area contributed by atoms with Crippen molar-refractivity contribution in [1.29, 1.82) is 0 Å². The Morgan fingerprint density at radius 2 is 2.17 bits per heavy atom. The second-order valence-electron chi connectivity index (χ2n) is 7.17. The lowest BCUT2D eigenvalue weighted by Crippen LogP contribution is -2.36. The van der Waals surface area contributed by atoms with Crippen LogP contribution in [0.1, 0.15) is 36.7 Å². The van der Waals surface area contributed by atoms with Gasteiger partial charge in [-0.2, -0.15) is 0 Å². The van der Waals surface area contributed by atoms with E-state index in [1.807, 2.05) is 50.2 Å². The minimum absolute atomic E-state index is 0.164. The van der Waals surface area contributed by atoms with Crippen molar-refractivity contribution in [3.8, 4) is 0 Å². The molecule has 1 aromatic rings. The maximum Gasteiger partial charge on any atom is 0.251 e. The summed E-state index contributed by atoms with van der Waals surface area (Å²) in [5, 5.41) is 4.79. The van der Waals surface area contributed by atoms with Crippen LogP contribution in [0.3, 0.4) is 0 Å². The summed E-state index contributed by atoms with van der Waals surface area (Å²) in [7, 11) is 1.88. The molecule has 2 rings (SSSR count). The molecule has 0 bridgehead atoms. The molecule has 160 valence electrons. The minimum atomic E-state index is -0.237. The molecule has 2 atom stereocenters. The van der Waals surface area contributed by atoms with Gasteiger partial charge in [0, 0.05) is 28.1 Å². The van der Waals surface area contributed by atoms with Crippen LogP contribution in [0.25, 0.3) is 0 Å². The number of hydrazine groups is 1. The number of carbonyl (C=O) groups excluding carboxylic acids is 1. The summed E-state index contributed by atoms with van der Waals surface area (Å²) >= 11 is 1.70. The Morgan fingerprint density at radius 3 is 2.77 bits per heavy atom. The van der Waals surface area contributed by atoms with Crippen LogP contribution in [0.4, 0.5) is 0 Å². The molecule has 1 aromatic heterocycles. The number of likely N-dealkylation sites (N-methyl/N-ethyl adjacent to an activating group) is 1. The van der Waals surface area contributed by atoms with Crippen LogP contribution in [-0.4, -0.2) is 29.8 Å². The van der Waals surface area contributed by atoms with Gasteiger partial charge in [-0.3, -0.25) is 9.80 Å². The third-order valence-corrected chi connectivity index (χ3v) is 5.45. The van der Waals surface area contributed by atoms with Crippen LogP contribution in [0.5, 0.6) is 0 Å². The van der Waals surface area contributed by atoms with E-state index in [-0.39, 0.29) is 18.1 Å². The molecule has 4 N–H and O–H groups in total. The third kappa shape index (κ3) is 6.57. The Balaban J connectivity index is 2.22. The van der Waals surface area contributed by atoms with Crippen LogP contribution in [0, 0.1) is 6.92 Å². The van der Waals surface area contributed by atoms with E-state index in [0.29, 0.717) is 17.1 Å². The van der Waals surface area contributed by atoms with Gasteiger partial charge in [0.2, 0.25) is 0 Å². The first-order valence-corrected chi connectivity index (χ1v) is 10.6. The number of nitrogens with two attached hydrogens (primary N) is 1. The predicted molar refractivity (Wildman–Crippen MR) is 127 cm³/mol. The van der Waals surface area contributed by atoms with Crippen LogP contribution < -0.4 is 16.5 Å². The highest BCUT2D eigenvalue weighted by molar-refractivity contribution is 7.12. The van der Waals surface area contributed by atoms with Gasteiger partial charge in [0.05, 0.1) is 6.04 Å². The largest absolute Gasteiger partial charge is 0.402 e. The molecule has 7 heteroatoms. The van der Waals surface area contributed by atoms with Crippen LogP contribution >= 0.6 is 11.3 Å². The number of hydrogen-bond donors (Lipinski definition) is 3. The molecule has 6 nitrogen and oxygen atoms in total. The Bertz CT molecular complexity index is 931. The van der Waals surface area contributed by atoms with Crippen molar-refractivity contribution in [1.82, 2.24) is 15.8 Å². The molecule has 0 saturated heterocycles. The Labute approximate surface area is 183 Å². The summed E-state index contributed by atoms with van der Waals surface area (Å²) in [5.41, 5.74) is 10.9. The molecular formula is C23H31N5OS. The molecule has 0 aliphatic carbocycles. The average molecular weight is 426 g/mol. The van der Waals surface area contributed by atoms with Gasteiger partial charge < -0.3 is 11.1 Å². The van der Waals surface area contributed by atoms with Crippen molar-refractivity contribution in [3.63, 3.8) is 0 Å². The molecule has 0 fully saturated rings. The zero-order chi connectivity index (χ0) is 22.3. The van der Waals surface area contributed by atoms with Crippen molar-refractivity contribution in [2.75, 3.05) is 7.05 Å². The molecule has 30 heavy (non-hydrogen) atoms. The SMILES string of the molecule is C=C(/C=C\C=C/C)C(C)NC(=O)C(/C=C(\C)N)=C/C1=NC(c2ccc(C)s2)NN1C. The summed E-state index contributed by atoms with van der Waals surface area (Å²) in [6.07, 6.45) is 10.8. The van der Waals surface area contributed by atoms with Crippen LogP contribution in [0.2, 0.25) is 0 Å². The molecule has 0 aromatic carbocycles. The number of rotatable bonds is 8. The number of amides is 1. The molecular weight excluding hydrogens is 394 g/mol. The zero-order valence-electron chi connectivity index (χ0n) is 18.3. The van der Waals surface area contributed by atoms with Gasteiger partial charge in [-0.05, 0) is 57.6 Å². The van der Waals surface area contributed by atoms with Crippen LogP contribution in [-0.2, 0) is 4.79 Å². The summed E-state index contributed by atoms with van der Waals surface area (Å²) < 4.78 is 0. The van der Waals surface area contributed by atoms with Gasteiger partial charge >= 0.3 is 0 Å². The lowest BCUT2D eigenvalue weighted by molar-refractivity contribution is -0.117. The van der Waals surface area contributed by atoms with E-state index in [1.54, 1.807) is 30.4 Å². The fourth-order valence-corrected chi connectivity index (χ4v) is 3.58. The number of aryl methyl sites for hydroxylation is 1. The quantitative estimate of drug-likeness (QED) is 0.436. The van der Waals surface area contributed by atoms with Crippen molar-refractivity contribution in [2.24, 2.45) is 10.7 Å². The van der Waals surface area contributed by atoms with E-state index in [2.05, 4.69) is 36.4 Å². The summed E-state index contributed by atoms with van der Waals surface area (Å²) in [4.78, 5) is 20.0. The highest BCUT2D eigenvalue weighted by atomic mass is 32.1. The fraction of sp³-hybridized carbons (Fsp3) is 0.304. The predicted octanol–water partition coefficient (Wildman–Crippen LogP) is 3.89. The number of amidine groups is 1. The van der Waals surface area contributed by atoms with E-state index in [1.165, 1.54) is 4.88 Å². The highest BCUT2D eigenvalue weighted by Crippen LogP contribution is 2.27. The standard InChI is InChI=1S/C23H31N5OS/c1-7-8-9-10-15(2)18(5)25-23(29)19(13-16(3)24)14-21-26-22(27-28(21)6)20-12-11-17(4)30-20/h7-14,18,22,27H,2,24H2,1,3-6H3,(H,25,29)/b8-7-,10-9-,16-13+,19-14+. The van der Waals surface area contributed by atoms with E-state index < -0.39 is 0 Å². The number of thiophene rings is 1. The maximum atomic E-state index is 12.9. The molecule has 1 amide bonds. The van der Waals surface area contributed by atoms with Crippen molar-refractivity contribution >= 4 is 23.1 Å². The van der Waals surface area contributed by atoms with Gasteiger partial charge in [0.15, 0.2) is 6.17 Å². The third-order valence-electron chi connectivity index (χ3n) is 4.40. The summed E-state index contributed by atoms with van der Waals surface area (Å²) in [6, 6.07) is 3.91. The van der Waals surface area contributed by atoms with Crippen molar-refractivity contribution < 1.29 is 4.79 Å². The van der Waals surface area contributed by atoms with Gasteiger partial charge in [0.1, 0.15) is 5.84 Å². The maximum absolute atomic E-state index is 12.9. The van der Waals surface area contributed by atoms with Crippen LogP contribution in [0.15, 0.2) is 77.0 Å². The number of aliphatic imine (C=N–C) groups is 1. The average Bonchev–Trinajstić information content (AvgIpc) is 3.26. The number of hydrogen-bond acceptors (Lipinski definition) is 6. The van der Waals surface area contributed by atoms with E-state index in [4.69, 9.17) is 10.7 Å². The monoisotopic (exact) mass is 425 g/mol. The molecule has 0 radical (unpaired) electrons. The molecule has 1 aliphatic rings. The molecule has 0 spiro atoms. The van der Waals surface area contributed by atoms with Crippen molar-refractivity contribution in [3.05, 3.63) is 81.8 Å². The van der Waals surface area contributed by atoms with Gasteiger partial charge in [0.25, 0.3) is 5.91 Å². The highest BCUT2D eigenvalue weighted by Gasteiger charge is 2.24.